The van der Waals surface area contributed by atoms with Gasteiger partial charge in [-0.15, -0.1) is 0 Å². The average molecular weight is 263 g/mol. The number of benzene rings is 1. The van der Waals surface area contributed by atoms with Crippen molar-refractivity contribution in [2.24, 2.45) is 0 Å². The SMILES string of the molecule is CCOC(=O)Nc1ccccc1N1CCNC(=O)C1. The molecule has 6 nitrogen and oxygen atoms in total. The lowest BCUT2D eigenvalue weighted by Gasteiger charge is -2.30. The van der Waals surface area contributed by atoms with Crippen LogP contribution in [0.25, 0.3) is 0 Å². The number of piperazine rings is 1. The first-order valence-electron chi connectivity index (χ1n) is 6.25. The van der Waals surface area contributed by atoms with E-state index in [2.05, 4.69) is 10.6 Å². The first-order chi connectivity index (χ1) is 9.20. The van der Waals surface area contributed by atoms with Crippen molar-refractivity contribution in [1.29, 1.82) is 0 Å². The second kappa shape index (κ2) is 6.08. The number of hydrogen-bond donors (Lipinski definition) is 2. The van der Waals surface area contributed by atoms with E-state index in [-0.39, 0.29) is 5.91 Å². The van der Waals surface area contributed by atoms with E-state index in [1.165, 1.54) is 0 Å². The molecule has 0 atom stereocenters. The molecule has 0 aliphatic carbocycles. The molecule has 1 heterocycles. The van der Waals surface area contributed by atoms with Crippen molar-refractivity contribution >= 4 is 23.4 Å². The van der Waals surface area contributed by atoms with Gasteiger partial charge >= 0.3 is 6.09 Å². The number of hydrogen-bond acceptors (Lipinski definition) is 4. The fourth-order valence-electron chi connectivity index (χ4n) is 1.98. The number of rotatable bonds is 3. The highest BCUT2D eigenvalue weighted by atomic mass is 16.5. The second-order valence-electron chi connectivity index (χ2n) is 4.13. The van der Waals surface area contributed by atoms with Gasteiger partial charge in [-0.05, 0) is 19.1 Å². The number of nitrogens with zero attached hydrogens (tertiary/aromatic N) is 1. The second-order valence-corrected chi connectivity index (χ2v) is 4.13. The van der Waals surface area contributed by atoms with Crippen LogP contribution in [0.4, 0.5) is 16.2 Å². The zero-order chi connectivity index (χ0) is 13.7. The van der Waals surface area contributed by atoms with Gasteiger partial charge in [-0.3, -0.25) is 10.1 Å². The molecule has 0 radical (unpaired) electrons. The fraction of sp³-hybridized carbons (Fsp3) is 0.385. The predicted molar refractivity (Wildman–Crippen MR) is 72.3 cm³/mol. The Kier molecular flexibility index (Phi) is 4.22. The molecule has 1 saturated heterocycles. The van der Waals surface area contributed by atoms with Crippen LogP contribution in [0.3, 0.4) is 0 Å². The van der Waals surface area contributed by atoms with Crippen LogP contribution in [0.1, 0.15) is 6.92 Å². The summed E-state index contributed by atoms with van der Waals surface area (Å²) >= 11 is 0. The monoisotopic (exact) mass is 263 g/mol. The highest BCUT2D eigenvalue weighted by molar-refractivity contribution is 5.91. The Morgan fingerprint density at radius 2 is 2.26 bits per heavy atom. The van der Waals surface area contributed by atoms with Crippen molar-refractivity contribution in [3.05, 3.63) is 24.3 Å². The van der Waals surface area contributed by atoms with Crippen molar-refractivity contribution in [3.63, 3.8) is 0 Å². The van der Waals surface area contributed by atoms with Gasteiger partial charge in [-0.25, -0.2) is 4.79 Å². The third-order valence-corrected chi connectivity index (χ3v) is 2.80. The summed E-state index contributed by atoms with van der Waals surface area (Å²) in [6.07, 6.45) is -0.489. The quantitative estimate of drug-likeness (QED) is 0.859. The standard InChI is InChI=1S/C13H17N3O3/c1-2-19-13(18)15-10-5-3-4-6-11(10)16-8-7-14-12(17)9-16/h3-6H,2,7-9H2,1H3,(H,14,17)(H,15,18). The molecule has 6 heteroatoms. The molecule has 1 aliphatic rings. The normalized spacial score (nSPS) is 14.8. The van der Waals surface area contributed by atoms with E-state index >= 15 is 0 Å². The highest BCUT2D eigenvalue weighted by Gasteiger charge is 2.19. The summed E-state index contributed by atoms with van der Waals surface area (Å²) in [7, 11) is 0. The van der Waals surface area contributed by atoms with E-state index in [4.69, 9.17) is 4.74 Å². The minimum Gasteiger partial charge on any atom is -0.450 e. The summed E-state index contributed by atoms with van der Waals surface area (Å²) in [5.74, 6) is -0.0165. The van der Waals surface area contributed by atoms with Crippen LogP contribution in [0.5, 0.6) is 0 Å². The Labute approximate surface area is 111 Å². The maximum atomic E-state index is 11.5. The molecule has 1 aromatic carbocycles. The smallest absolute Gasteiger partial charge is 0.411 e. The number of anilines is 2. The molecule has 0 unspecified atom stereocenters. The minimum atomic E-state index is -0.489. The number of amides is 2. The van der Waals surface area contributed by atoms with Gasteiger partial charge in [0.15, 0.2) is 0 Å². The van der Waals surface area contributed by atoms with Crippen LogP contribution < -0.4 is 15.5 Å². The summed E-state index contributed by atoms with van der Waals surface area (Å²) in [6.45, 7) is 3.68. The third kappa shape index (κ3) is 3.37. The van der Waals surface area contributed by atoms with E-state index in [1.54, 1.807) is 13.0 Å². The van der Waals surface area contributed by atoms with Crippen LogP contribution in [0.2, 0.25) is 0 Å². The lowest BCUT2D eigenvalue weighted by atomic mass is 10.2. The van der Waals surface area contributed by atoms with Crippen molar-refractivity contribution in [2.45, 2.75) is 6.92 Å². The molecular weight excluding hydrogens is 246 g/mol. The third-order valence-electron chi connectivity index (χ3n) is 2.80. The maximum Gasteiger partial charge on any atom is 0.411 e. The van der Waals surface area contributed by atoms with Gasteiger partial charge < -0.3 is 15.0 Å². The molecule has 2 amide bonds. The van der Waals surface area contributed by atoms with Crippen molar-refractivity contribution < 1.29 is 14.3 Å². The largest absolute Gasteiger partial charge is 0.450 e. The molecule has 0 spiro atoms. The van der Waals surface area contributed by atoms with Gasteiger partial charge in [0.25, 0.3) is 0 Å². The summed E-state index contributed by atoms with van der Waals surface area (Å²) in [5, 5.41) is 5.46. The van der Waals surface area contributed by atoms with Crippen LogP contribution in [0, 0.1) is 0 Å². The van der Waals surface area contributed by atoms with Crippen LogP contribution in [-0.2, 0) is 9.53 Å². The first-order valence-corrected chi connectivity index (χ1v) is 6.25. The zero-order valence-electron chi connectivity index (χ0n) is 10.8. The number of ether oxygens (including phenoxy) is 1. The van der Waals surface area contributed by atoms with Gasteiger partial charge in [0.05, 0.1) is 24.5 Å². The zero-order valence-corrected chi connectivity index (χ0v) is 10.8. The molecule has 1 fully saturated rings. The molecule has 102 valence electrons. The van der Waals surface area contributed by atoms with E-state index in [9.17, 15) is 9.59 Å². The predicted octanol–water partition coefficient (Wildman–Crippen LogP) is 1.19. The molecule has 0 saturated carbocycles. The molecule has 2 N–H and O–H groups in total. The van der Waals surface area contributed by atoms with E-state index in [0.29, 0.717) is 31.9 Å². The molecule has 0 aromatic heterocycles. The molecule has 0 bridgehead atoms. The lowest BCUT2D eigenvalue weighted by Crippen LogP contribution is -2.47. The van der Waals surface area contributed by atoms with Crippen molar-refractivity contribution in [2.75, 3.05) is 36.5 Å². The molecular formula is C13H17N3O3. The Hall–Kier alpha value is -2.24. The van der Waals surface area contributed by atoms with E-state index < -0.39 is 6.09 Å². The van der Waals surface area contributed by atoms with Crippen molar-refractivity contribution in [1.82, 2.24) is 5.32 Å². The number of carbonyl (C=O) groups excluding carboxylic acids is 2. The van der Waals surface area contributed by atoms with Gasteiger partial charge in [0.2, 0.25) is 5.91 Å². The molecule has 1 aliphatic heterocycles. The Bertz CT molecular complexity index is 476. The summed E-state index contributed by atoms with van der Waals surface area (Å²) in [5.41, 5.74) is 1.47. The number of para-hydroxylation sites is 2. The molecule has 1 aromatic rings. The summed E-state index contributed by atoms with van der Waals surface area (Å²) in [4.78, 5) is 24.8. The minimum absolute atomic E-state index is 0.0165. The molecule has 2 rings (SSSR count). The Balaban J connectivity index is 2.15. The van der Waals surface area contributed by atoms with Gasteiger partial charge in [-0.2, -0.15) is 0 Å². The topological polar surface area (TPSA) is 70.7 Å². The van der Waals surface area contributed by atoms with E-state index in [1.807, 2.05) is 23.1 Å². The average Bonchev–Trinajstić information content (AvgIpc) is 2.39. The van der Waals surface area contributed by atoms with Crippen LogP contribution in [0.15, 0.2) is 24.3 Å². The maximum absolute atomic E-state index is 11.5. The van der Waals surface area contributed by atoms with Gasteiger partial charge in [-0.1, -0.05) is 12.1 Å². The molecule has 19 heavy (non-hydrogen) atoms. The fourth-order valence-corrected chi connectivity index (χ4v) is 1.98. The Morgan fingerprint density at radius 3 is 3.00 bits per heavy atom. The Morgan fingerprint density at radius 1 is 1.47 bits per heavy atom. The van der Waals surface area contributed by atoms with Crippen LogP contribution in [-0.4, -0.2) is 38.2 Å². The van der Waals surface area contributed by atoms with Gasteiger partial charge in [0, 0.05) is 13.1 Å². The van der Waals surface area contributed by atoms with Gasteiger partial charge in [0.1, 0.15) is 0 Å². The van der Waals surface area contributed by atoms with Crippen LogP contribution >= 0.6 is 0 Å². The summed E-state index contributed by atoms with van der Waals surface area (Å²) in [6, 6.07) is 7.37. The van der Waals surface area contributed by atoms with Crippen molar-refractivity contribution in [3.8, 4) is 0 Å². The highest BCUT2D eigenvalue weighted by Crippen LogP contribution is 2.26. The first kappa shape index (κ1) is 13.2. The summed E-state index contributed by atoms with van der Waals surface area (Å²) < 4.78 is 4.86. The lowest BCUT2D eigenvalue weighted by molar-refractivity contribution is -0.120. The number of carbonyl (C=O) groups is 2. The number of nitrogens with one attached hydrogen (secondary N) is 2. The van der Waals surface area contributed by atoms with E-state index in [0.717, 1.165) is 5.69 Å².